The molecular formula is C22H20BrN5O3. The molecule has 0 saturated heterocycles. The van der Waals surface area contributed by atoms with Gasteiger partial charge < -0.3 is 9.73 Å². The summed E-state index contributed by atoms with van der Waals surface area (Å²) in [6.07, 6.45) is 8.68. The Kier molecular flexibility index (Phi) is 6.22. The number of nitrogens with zero attached hydrogens (tertiary/aromatic N) is 3. The molecule has 0 unspecified atom stereocenters. The Morgan fingerprint density at radius 1 is 1.19 bits per heavy atom. The first-order chi connectivity index (χ1) is 15.0. The van der Waals surface area contributed by atoms with Crippen molar-refractivity contribution < 1.29 is 14.0 Å². The zero-order valence-electron chi connectivity index (χ0n) is 16.8. The molecule has 4 rings (SSSR count). The minimum atomic E-state index is -0.357. The highest BCUT2D eigenvalue weighted by Gasteiger charge is 2.28. The highest BCUT2D eigenvalue weighted by atomic mass is 79.9. The second-order valence-corrected chi connectivity index (χ2v) is 8.06. The number of pyridine rings is 2. The van der Waals surface area contributed by atoms with E-state index in [0.717, 1.165) is 23.1 Å². The van der Waals surface area contributed by atoms with Gasteiger partial charge in [-0.3, -0.25) is 19.6 Å². The van der Waals surface area contributed by atoms with Crippen molar-refractivity contribution in [3.8, 4) is 0 Å². The van der Waals surface area contributed by atoms with Gasteiger partial charge in [0.15, 0.2) is 5.76 Å². The number of carbonyl (C=O) groups excluding carboxylic acids is 2. The number of halogens is 1. The fourth-order valence-electron chi connectivity index (χ4n) is 3.48. The van der Waals surface area contributed by atoms with Crippen molar-refractivity contribution in [2.75, 3.05) is 0 Å². The first-order valence-corrected chi connectivity index (χ1v) is 10.6. The summed E-state index contributed by atoms with van der Waals surface area (Å²) in [6, 6.07) is 5.38. The van der Waals surface area contributed by atoms with E-state index in [0.29, 0.717) is 40.9 Å². The molecule has 3 aromatic rings. The highest BCUT2D eigenvalue weighted by molar-refractivity contribution is 9.10. The number of furan rings is 1. The number of aryl methyl sites for hydroxylation is 1. The van der Waals surface area contributed by atoms with Gasteiger partial charge >= 0.3 is 0 Å². The van der Waals surface area contributed by atoms with Gasteiger partial charge in [-0.15, -0.1) is 0 Å². The number of rotatable bonds is 5. The smallest absolute Gasteiger partial charge is 0.287 e. The maximum Gasteiger partial charge on any atom is 0.287 e. The lowest BCUT2D eigenvalue weighted by Gasteiger charge is -2.13. The number of hydrazone groups is 1. The predicted molar refractivity (Wildman–Crippen MR) is 118 cm³/mol. The topological polar surface area (TPSA) is 109 Å². The molecule has 0 bridgehead atoms. The van der Waals surface area contributed by atoms with Crippen LogP contribution < -0.4 is 10.7 Å². The van der Waals surface area contributed by atoms with E-state index >= 15 is 0 Å². The van der Waals surface area contributed by atoms with Crippen LogP contribution in [0.3, 0.4) is 0 Å². The average molecular weight is 482 g/mol. The number of fused-ring (bicyclic) bond motifs is 1. The molecule has 1 aliphatic carbocycles. The van der Waals surface area contributed by atoms with Gasteiger partial charge in [0.2, 0.25) is 0 Å². The first kappa shape index (κ1) is 20.9. The lowest BCUT2D eigenvalue weighted by atomic mass is 9.93. The van der Waals surface area contributed by atoms with Gasteiger partial charge in [-0.1, -0.05) is 6.07 Å². The zero-order valence-corrected chi connectivity index (χ0v) is 18.4. The molecule has 0 radical (unpaired) electrons. The van der Waals surface area contributed by atoms with Gasteiger partial charge in [-0.25, -0.2) is 5.43 Å². The van der Waals surface area contributed by atoms with E-state index in [1.54, 1.807) is 24.7 Å². The van der Waals surface area contributed by atoms with Crippen molar-refractivity contribution in [1.82, 2.24) is 20.7 Å². The van der Waals surface area contributed by atoms with Crippen molar-refractivity contribution in [2.24, 2.45) is 5.10 Å². The van der Waals surface area contributed by atoms with Crippen molar-refractivity contribution in [2.45, 2.75) is 32.7 Å². The standard InChI is InChI=1S/C22H20BrN5O3/c1-13-19-17(27-28-21(29)15-8-16(23)12-25-11-15)5-2-6-18(19)31-20(13)22(30)26-10-14-4-3-7-24-9-14/h3-4,7-9,11-12H,2,5-6,10H2,1H3,(H,26,30)(H,28,29)/b27-17+. The van der Waals surface area contributed by atoms with E-state index in [1.807, 2.05) is 19.1 Å². The molecule has 3 aromatic heterocycles. The average Bonchev–Trinajstić information content (AvgIpc) is 3.13. The summed E-state index contributed by atoms with van der Waals surface area (Å²) in [4.78, 5) is 33.1. The van der Waals surface area contributed by atoms with Gasteiger partial charge in [-0.2, -0.15) is 5.10 Å². The minimum Gasteiger partial charge on any atom is -0.455 e. The second kappa shape index (κ2) is 9.22. The Labute approximate surface area is 187 Å². The Balaban J connectivity index is 1.51. The second-order valence-electron chi connectivity index (χ2n) is 7.14. The third-order valence-corrected chi connectivity index (χ3v) is 5.40. The number of hydrogen-bond donors (Lipinski definition) is 2. The van der Waals surface area contributed by atoms with Crippen LogP contribution in [-0.4, -0.2) is 27.5 Å². The predicted octanol–water partition coefficient (Wildman–Crippen LogP) is 3.54. The highest BCUT2D eigenvalue weighted by Crippen LogP contribution is 2.30. The quantitative estimate of drug-likeness (QED) is 0.541. The van der Waals surface area contributed by atoms with Crippen molar-refractivity contribution in [3.63, 3.8) is 0 Å². The van der Waals surface area contributed by atoms with Crippen LogP contribution in [0.5, 0.6) is 0 Å². The Bertz CT molecular complexity index is 1160. The van der Waals surface area contributed by atoms with E-state index in [1.165, 1.54) is 6.20 Å². The van der Waals surface area contributed by atoms with E-state index in [9.17, 15) is 9.59 Å². The fourth-order valence-corrected chi connectivity index (χ4v) is 3.85. The largest absolute Gasteiger partial charge is 0.455 e. The third kappa shape index (κ3) is 4.72. The molecule has 3 heterocycles. The Morgan fingerprint density at radius 2 is 2.06 bits per heavy atom. The normalized spacial score (nSPS) is 14.2. The number of nitrogens with one attached hydrogen (secondary N) is 2. The van der Waals surface area contributed by atoms with E-state index in [4.69, 9.17) is 4.42 Å². The van der Waals surface area contributed by atoms with Crippen LogP contribution in [0.4, 0.5) is 0 Å². The van der Waals surface area contributed by atoms with Crippen LogP contribution in [0.25, 0.3) is 0 Å². The van der Waals surface area contributed by atoms with Crippen molar-refractivity contribution in [3.05, 3.63) is 81.2 Å². The summed E-state index contributed by atoms with van der Waals surface area (Å²) >= 11 is 3.30. The Hall–Kier alpha value is -3.33. The van der Waals surface area contributed by atoms with Crippen LogP contribution >= 0.6 is 15.9 Å². The monoisotopic (exact) mass is 481 g/mol. The Morgan fingerprint density at radius 3 is 2.84 bits per heavy atom. The molecule has 2 amide bonds. The molecular weight excluding hydrogens is 462 g/mol. The summed E-state index contributed by atoms with van der Waals surface area (Å²) in [5, 5.41) is 7.20. The molecule has 0 fully saturated rings. The van der Waals surface area contributed by atoms with Crippen LogP contribution in [0.2, 0.25) is 0 Å². The summed E-state index contributed by atoms with van der Waals surface area (Å²) in [7, 11) is 0. The SMILES string of the molecule is Cc1c(C(=O)NCc2cccnc2)oc2c1/C(=N/NC(=O)c1cncc(Br)c1)CCC2. The van der Waals surface area contributed by atoms with Gasteiger partial charge in [0.1, 0.15) is 5.76 Å². The number of hydrogen-bond acceptors (Lipinski definition) is 6. The maximum atomic E-state index is 12.7. The summed E-state index contributed by atoms with van der Waals surface area (Å²) < 4.78 is 6.60. The van der Waals surface area contributed by atoms with Gasteiger partial charge in [0.25, 0.3) is 11.8 Å². The molecule has 2 N–H and O–H groups in total. The molecule has 8 nitrogen and oxygen atoms in total. The number of aromatic nitrogens is 2. The van der Waals surface area contributed by atoms with Crippen molar-refractivity contribution in [1.29, 1.82) is 0 Å². The lowest BCUT2D eigenvalue weighted by Crippen LogP contribution is -2.23. The minimum absolute atomic E-state index is 0.269. The molecule has 31 heavy (non-hydrogen) atoms. The molecule has 0 spiro atoms. The van der Waals surface area contributed by atoms with E-state index in [-0.39, 0.29) is 17.6 Å². The van der Waals surface area contributed by atoms with Crippen LogP contribution in [0.1, 0.15) is 56.2 Å². The molecule has 9 heteroatoms. The fraction of sp³-hybridized carbons (Fsp3) is 0.227. The van der Waals surface area contributed by atoms with Crippen LogP contribution in [0, 0.1) is 6.92 Å². The lowest BCUT2D eigenvalue weighted by molar-refractivity contribution is 0.0919. The van der Waals surface area contributed by atoms with Gasteiger partial charge in [0.05, 0.1) is 11.3 Å². The molecule has 1 aliphatic rings. The zero-order chi connectivity index (χ0) is 21.8. The van der Waals surface area contributed by atoms with Crippen LogP contribution in [0.15, 0.2) is 57.0 Å². The molecule has 0 atom stereocenters. The molecule has 0 aliphatic heterocycles. The summed E-state index contributed by atoms with van der Waals surface area (Å²) in [5.74, 6) is 0.335. The number of carbonyl (C=O) groups is 2. The maximum absolute atomic E-state index is 12.7. The third-order valence-electron chi connectivity index (χ3n) is 4.97. The van der Waals surface area contributed by atoms with E-state index in [2.05, 4.69) is 41.7 Å². The van der Waals surface area contributed by atoms with Crippen molar-refractivity contribution >= 4 is 33.5 Å². The molecule has 0 aromatic carbocycles. The van der Waals surface area contributed by atoms with E-state index < -0.39 is 0 Å². The molecule has 0 saturated carbocycles. The first-order valence-electron chi connectivity index (χ1n) is 9.80. The van der Waals surface area contributed by atoms with Gasteiger partial charge in [-0.05, 0) is 53.4 Å². The summed E-state index contributed by atoms with van der Waals surface area (Å²) in [5.41, 5.74) is 6.10. The number of amides is 2. The van der Waals surface area contributed by atoms with Crippen LogP contribution in [-0.2, 0) is 13.0 Å². The van der Waals surface area contributed by atoms with Gasteiger partial charge in [0, 0.05) is 53.4 Å². The summed E-state index contributed by atoms with van der Waals surface area (Å²) in [6.45, 7) is 2.19. The molecule has 158 valence electrons.